The van der Waals surface area contributed by atoms with Gasteiger partial charge in [-0.2, -0.15) is 0 Å². The maximum atomic E-state index is 13.0. The number of para-hydroxylation sites is 1. The summed E-state index contributed by atoms with van der Waals surface area (Å²) in [6.45, 7) is 4.69. The molecule has 4 nitrogen and oxygen atoms in total. The number of nitrogens with one attached hydrogen (secondary N) is 1. The number of likely N-dealkylation sites (N-methyl/N-ethyl adjacent to an activating group) is 1. The minimum absolute atomic E-state index is 0.283. The summed E-state index contributed by atoms with van der Waals surface area (Å²) in [6.07, 6.45) is 3.46. The number of fused-ring (bicyclic) bond motifs is 1. The summed E-state index contributed by atoms with van der Waals surface area (Å²) in [5, 5.41) is 3.42. The zero-order valence-corrected chi connectivity index (χ0v) is 13.3. The molecule has 1 atom stereocenters. The van der Waals surface area contributed by atoms with Gasteiger partial charge in [-0.15, -0.1) is 0 Å². The first-order chi connectivity index (χ1) is 10.7. The molecule has 2 aliphatic heterocycles. The first kappa shape index (κ1) is 14.1. The number of anilines is 1. The molecule has 1 N–H and O–H groups in total. The van der Waals surface area contributed by atoms with E-state index in [1.807, 2.05) is 0 Å². The number of piperidine rings is 1. The molecule has 1 aromatic carbocycles. The Morgan fingerprint density at radius 3 is 2.82 bits per heavy atom. The number of carbonyl (C=O) groups is 1. The zero-order chi connectivity index (χ0) is 15.2. The molecule has 1 saturated heterocycles. The quantitative estimate of drug-likeness (QED) is 0.860. The smallest absolute Gasteiger partial charge is 0.226 e. The van der Waals surface area contributed by atoms with Crippen molar-refractivity contribution < 1.29 is 4.79 Å². The van der Waals surface area contributed by atoms with Gasteiger partial charge in [0.15, 0.2) is 0 Å². The highest BCUT2D eigenvalue weighted by atomic mass is 16.2. The second kappa shape index (κ2) is 5.27. The lowest BCUT2D eigenvalue weighted by atomic mass is 9.91. The van der Waals surface area contributed by atoms with Crippen molar-refractivity contribution in [1.82, 2.24) is 10.2 Å². The molecule has 1 spiro atoms. The van der Waals surface area contributed by atoms with Crippen molar-refractivity contribution in [3.63, 3.8) is 0 Å². The topological polar surface area (TPSA) is 35.6 Å². The number of carbonyl (C=O) groups excluding carboxylic acids is 1. The number of benzene rings is 1. The molecular weight excluding hydrogens is 274 g/mol. The maximum absolute atomic E-state index is 13.0. The van der Waals surface area contributed by atoms with Gasteiger partial charge in [0, 0.05) is 38.3 Å². The highest BCUT2D eigenvalue weighted by Crippen LogP contribution is 2.59. The van der Waals surface area contributed by atoms with Crippen LogP contribution in [-0.4, -0.2) is 44.0 Å². The van der Waals surface area contributed by atoms with E-state index < -0.39 is 0 Å². The summed E-state index contributed by atoms with van der Waals surface area (Å²) >= 11 is 0. The Labute approximate surface area is 132 Å². The van der Waals surface area contributed by atoms with Crippen LogP contribution in [-0.2, 0) is 11.3 Å². The lowest BCUT2D eigenvalue weighted by Crippen LogP contribution is -2.38. The van der Waals surface area contributed by atoms with Gasteiger partial charge in [-0.25, -0.2) is 0 Å². The minimum Gasteiger partial charge on any atom is -0.373 e. The van der Waals surface area contributed by atoms with Crippen molar-refractivity contribution >= 4 is 11.6 Å². The van der Waals surface area contributed by atoms with E-state index in [0.29, 0.717) is 11.3 Å². The Balaban J connectivity index is 1.51. The van der Waals surface area contributed by atoms with Crippen molar-refractivity contribution in [2.75, 3.05) is 38.1 Å². The predicted molar refractivity (Wildman–Crippen MR) is 87.8 cm³/mol. The van der Waals surface area contributed by atoms with E-state index >= 15 is 0 Å². The molecule has 0 radical (unpaired) electrons. The Bertz CT molecular complexity index is 579. The lowest BCUT2D eigenvalue weighted by Gasteiger charge is -2.26. The fourth-order valence-corrected chi connectivity index (χ4v) is 4.28. The van der Waals surface area contributed by atoms with Gasteiger partial charge in [-0.1, -0.05) is 18.2 Å². The van der Waals surface area contributed by atoms with Crippen molar-refractivity contribution in [1.29, 1.82) is 0 Å². The van der Waals surface area contributed by atoms with E-state index in [0.717, 1.165) is 39.1 Å². The number of hydrogen-bond acceptors (Lipinski definition) is 3. The van der Waals surface area contributed by atoms with Crippen molar-refractivity contribution in [2.45, 2.75) is 25.8 Å². The number of hydrogen-bond donors (Lipinski definition) is 1. The minimum atomic E-state index is 0.283. The van der Waals surface area contributed by atoms with Gasteiger partial charge in [0.05, 0.1) is 0 Å². The molecule has 2 fully saturated rings. The standard InChI is InChI=1S/C18H25N3O/c1-20-10-11-21(13-14-4-2-3-5-16(14)20)17(22)15-12-18(15)6-8-19-9-7-18/h2-5,15,19H,6-13H2,1H3. The van der Waals surface area contributed by atoms with Gasteiger partial charge in [0.2, 0.25) is 5.91 Å². The first-order valence-electron chi connectivity index (χ1n) is 8.48. The van der Waals surface area contributed by atoms with Crippen LogP contribution in [0.4, 0.5) is 5.69 Å². The highest BCUT2D eigenvalue weighted by Gasteiger charge is 2.58. The SMILES string of the molecule is CN1CCN(C(=O)C2CC23CCNCC3)Cc2ccccc21. The lowest BCUT2D eigenvalue weighted by molar-refractivity contribution is -0.134. The van der Waals surface area contributed by atoms with Crippen LogP contribution in [0.2, 0.25) is 0 Å². The Kier molecular flexibility index (Phi) is 3.37. The molecule has 1 aliphatic carbocycles. The molecule has 0 bridgehead atoms. The van der Waals surface area contributed by atoms with Gasteiger partial charge in [-0.05, 0) is 49.4 Å². The summed E-state index contributed by atoms with van der Waals surface area (Å²) < 4.78 is 0. The van der Waals surface area contributed by atoms with Gasteiger partial charge in [0.1, 0.15) is 0 Å². The molecule has 3 aliphatic rings. The van der Waals surface area contributed by atoms with Crippen LogP contribution < -0.4 is 10.2 Å². The van der Waals surface area contributed by atoms with Gasteiger partial charge < -0.3 is 15.1 Å². The van der Waals surface area contributed by atoms with Crippen LogP contribution in [0.15, 0.2) is 24.3 Å². The van der Waals surface area contributed by atoms with Crippen LogP contribution in [0.1, 0.15) is 24.8 Å². The van der Waals surface area contributed by atoms with Crippen LogP contribution in [0.25, 0.3) is 0 Å². The second-order valence-corrected chi connectivity index (χ2v) is 7.18. The Hall–Kier alpha value is -1.55. The second-order valence-electron chi connectivity index (χ2n) is 7.18. The third-order valence-corrected chi connectivity index (χ3v) is 5.87. The molecule has 1 unspecified atom stereocenters. The molecule has 1 aromatic rings. The number of amides is 1. The fourth-order valence-electron chi connectivity index (χ4n) is 4.28. The maximum Gasteiger partial charge on any atom is 0.226 e. The van der Waals surface area contributed by atoms with Crippen molar-refractivity contribution in [3.05, 3.63) is 29.8 Å². The molecule has 1 amide bonds. The van der Waals surface area contributed by atoms with Gasteiger partial charge in [-0.3, -0.25) is 4.79 Å². The van der Waals surface area contributed by atoms with E-state index in [1.165, 1.54) is 24.1 Å². The molecular formula is C18H25N3O. The van der Waals surface area contributed by atoms with E-state index in [4.69, 9.17) is 0 Å². The molecule has 4 rings (SSSR count). The Morgan fingerprint density at radius 1 is 1.23 bits per heavy atom. The largest absolute Gasteiger partial charge is 0.373 e. The normalized spacial score (nSPS) is 26.5. The molecule has 4 heteroatoms. The van der Waals surface area contributed by atoms with Crippen LogP contribution in [0.3, 0.4) is 0 Å². The molecule has 22 heavy (non-hydrogen) atoms. The highest BCUT2D eigenvalue weighted by molar-refractivity contribution is 5.83. The van der Waals surface area contributed by atoms with Crippen LogP contribution >= 0.6 is 0 Å². The first-order valence-corrected chi connectivity index (χ1v) is 8.48. The molecule has 0 aromatic heterocycles. The monoisotopic (exact) mass is 299 g/mol. The molecule has 2 heterocycles. The summed E-state index contributed by atoms with van der Waals surface area (Å²) in [5.74, 6) is 0.678. The average molecular weight is 299 g/mol. The predicted octanol–water partition coefficient (Wildman–Crippen LogP) is 1.85. The van der Waals surface area contributed by atoms with E-state index in [2.05, 4.69) is 46.4 Å². The van der Waals surface area contributed by atoms with Gasteiger partial charge in [0.25, 0.3) is 0 Å². The zero-order valence-electron chi connectivity index (χ0n) is 13.3. The fraction of sp³-hybridized carbons (Fsp3) is 0.611. The van der Waals surface area contributed by atoms with E-state index in [-0.39, 0.29) is 5.92 Å². The summed E-state index contributed by atoms with van der Waals surface area (Å²) in [7, 11) is 2.12. The summed E-state index contributed by atoms with van der Waals surface area (Å²) in [4.78, 5) is 17.4. The third kappa shape index (κ3) is 2.30. The van der Waals surface area contributed by atoms with Crippen LogP contribution in [0.5, 0.6) is 0 Å². The van der Waals surface area contributed by atoms with E-state index in [1.54, 1.807) is 0 Å². The molecule has 1 saturated carbocycles. The van der Waals surface area contributed by atoms with Crippen LogP contribution in [0, 0.1) is 11.3 Å². The van der Waals surface area contributed by atoms with Gasteiger partial charge >= 0.3 is 0 Å². The van der Waals surface area contributed by atoms with Crippen molar-refractivity contribution in [3.8, 4) is 0 Å². The van der Waals surface area contributed by atoms with Crippen molar-refractivity contribution in [2.24, 2.45) is 11.3 Å². The summed E-state index contributed by atoms with van der Waals surface area (Å²) in [5.41, 5.74) is 2.88. The Morgan fingerprint density at radius 2 is 2.00 bits per heavy atom. The summed E-state index contributed by atoms with van der Waals surface area (Å²) in [6, 6.07) is 8.48. The average Bonchev–Trinajstić information content (AvgIpc) is 3.27. The van der Waals surface area contributed by atoms with E-state index in [9.17, 15) is 4.79 Å². The number of nitrogens with zero attached hydrogens (tertiary/aromatic N) is 2. The number of rotatable bonds is 1. The molecule has 118 valence electrons. The third-order valence-electron chi connectivity index (χ3n) is 5.87.